The molecule has 1 aromatic rings. The summed E-state index contributed by atoms with van der Waals surface area (Å²) in [6.45, 7) is 2.49. The van der Waals surface area contributed by atoms with E-state index in [1.165, 1.54) is 6.07 Å². The maximum atomic E-state index is 14.0. The minimum atomic E-state index is -1.52. The molecule has 0 saturated carbocycles. The molecule has 19 heavy (non-hydrogen) atoms. The van der Waals surface area contributed by atoms with Crippen LogP contribution in [0.2, 0.25) is 0 Å². The zero-order valence-electron chi connectivity index (χ0n) is 11.0. The maximum absolute atomic E-state index is 14.0. The van der Waals surface area contributed by atoms with Gasteiger partial charge >= 0.3 is 0 Å². The highest BCUT2D eigenvalue weighted by Crippen LogP contribution is 2.47. The van der Waals surface area contributed by atoms with Crippen LogP contribution in [-0.4, -0.2) is 18.3 Å². The maximum Gasteiger partial charge on any atom is 0.129 e. The molecule has 1 heterocycles. The largest absolute Gasteiger partial charge is 0.383 e. The quantitative estimate of drug-likeness (QED) is 0.912. The van der Waals surface area contributed by atoms with Crippen molar-refractivity contribution >= 4 is 0 Å². The molecule has 1 fully saturated rings. The lowest BCUT2D eigenvalue weighted by Crippen LogP contribution is -2.50. The van der Waals surface area contributed by atoms with Gasteiger partial charge in [-0.05, 0) is 25.3 Å². The second-order valence-corrected chi connectivity index (χ2v) is 5.04. The third-order valence-electron chi connectivity index (χ3n) is 4.08. The molecular weight excluding hydrogens is 245 g/mol. The first-order valence-corrected chi connectivity index (χ1v) is 6.56. The summed E-state index contributed by atoms with van der Waals surface area (Å²) >= 11 is 0. The summed E-state index contributed by atoms with van der Waals surface area (Å²) in [5.74, 6) is -0.480. The van der Waals surface area contributed by atoms with Gasteiger partial charge < -0.3 is 9.84 Å². The number of hydrogen-bond donors (Lipinski definition) is 1. The summed E-state index contributed by atoms with van der Waals surface area (Å²) in [4.78, 5) is 0. The van der Waals surface area contributed by atoms with E-state index in [2.05, 4.69) is 6.07 Å². The highest BCUT2D eigenvalue weighted by Gasteiger charge is 2.53. The van der Waals surface area contributed by atoms with E-state index in [1.807, 2.05) is 0 Å². The Morgan fingerprint density at radius 2 is 2.26 bits per heavy atom. The molecule has 1 aliphatic rings. The molecule has 1 aromatic carbocycles. The van der Waals surface area contributed by atoms with Crippen LogP contribution in [0.3, 0.4) is 0 Å². The predicted molar refractivity (Wildman–Crippen MR) is 68.7 cm³/mol. The molecule has 2 atom stereocenters. The lowest BCUT2D eigenvalue weighted by molar-refractivity contribution is -0.127. The van der Waals surface area contributed by atoms with E-state index in [0.29, 0.717) is 19.4 Å². The van der Waals surface area contributed by atoms with Crippen molar-refractivity contribution in [3.05, 3.63) is 35.6 Å². The Balaban J connectivity index is 2.53. The van der Waals surface area contributed by atoms with Gasteiger partial charge in [0.15, 0.2) is 0 Å². The number of ether oxygens (including phenoxy) is 1. The van der Waals surface area contributed by atoms with Crippen molar-refractivity contribution in [2.45, 2.75) is 31.8 Å². The first-order chi connectivity index (χ1) is 9.09. The van der Waals surface area contributed by atoms with Crippen LogP contribution in [-0.2, 0) is 10.3 Å². The summed E-state index contributed by atoms with van der Waals surface area (Å²) in [7, 11) is 0. The van der Waals surface area contributed by atoms with Crippen molar-refractivity contribution in [1.29, 1.82) is 5.26 Å². The van der Waals surface area contributed by atoms with Crippen molar-refractivity contribution in [3.63, 3.8) is 0 Å². The van der Waals surface area contributed by atoms with Gasteiger partial charge in [-0.15, -0.1) is 0 Å². The fourth-order valence-corrected chi connectivity index (χ4v) is 2.88. The van der Waals surface area contributed by atoms with Crippen LogP contribution < -0.4 is 0 Å². The van der Waals surface area contributed by atoms with Gasteiger partial charge in [-0.3, -0.25) is 0 Å². The van der Waals surface area contributed by atoms with E-state index < -0.39 is 16.8 Å². The molecule has 1 N–H and O–H groups in total. The van der Waals surface area contributed by atoms with E-state index in [4.69, 9.17) is 4.74 Å². The molecule has 1 saturated heterocycles. The third-order valence-corrected chi connectivity index (χ3v) is 4.08. The van der Waals surface area contributed by atoms with Gasteiger partial charge in [-0.1, -0.05) is 25.1 Å². The molecule has 0 amide bonds. The van der Waals surface area contributed by atoms with Gasteiger partial charge in [0.05, 0.1) is 12.7 Å². The number of hydrogen-bond acceptors (Lipinski definition) is 3. The smallest absolute Gasteiger partial charge is 0.129 e. The van der Waals surface area contributed by atoms with Crippen molar-refractivity contribution in [1.82, 2.24) is 0 Å². The first kappa shape index (κ1) is 14.0. The summed E-state index contributed by atoms with van der Waals surface area (Å²) in [5.41, 5.74) is -2.42. The van der Waals surface area contributed by atoms with Crippen molar-refractivity contribution < 1.29 is 14.2 Å². The fourth-order valence-electron chi connectivity index (χ4n) is 2.88. The SMILES string of the molecule is CCC(O)(c1ccccc1F)C1(C#N)CCCOC1. The Hall–Kier alpha value is -1.44. The van der Waals surface area contributed by atoms with Gasteiger partial charge in [0.1, 0.15) is 16.8 Å². The van der Waals surface area contributed by atoms with Crippen LogP contribution in [0.25, 0.3) is 0 Å². The first-order valence-electron chi connectivity index (χ1n) is 6.56. The van der Waals surface area contributed by atoms with E-state index in [0.717, 1.165) is 0 Å². The molecule has 0 aliphatic carbocycles. The molecule has 2 unspecified atom stereocenters. The number of benzene rings is 1. The molecule has 1 aliphatic heterocycles. The van der Waals surface area contributed by atoms with Crippen molar-refractivity contribution in [2.75, 3.05) is 13.2 Å². The van der Waals surface area contributed by atoms with E-state index in [9.17, 15) is 14.8 Å². The lowest BCUT2D eigenvalue weighted by atomic mass is 9.65. The molecule has 0 bridgehead atoms. The molecule has 0 radical (unpaired) electrons. The van der Waals surface area contributed by atoms with Crippen LogP contribution in [0, 0.1) is 22.6 Å². The average molecular weight is 263 g/mol. The summed E-state index contributed by atoms with van der Waals surface area (Å²) in [5, 5.41) is 20.6. The Kier molecular flexibility index (Phi) is 3.88. The molecule has 0 aromatic heterocycles. The number of halogens is 1. The van der Waals surface area contributed by atoms with Crippen molar-refractivity contribution in [3.8, 4) is 6.07 Å². The van der Waals surface area contributed by atoms with Crippen LogP contribution in [0.5, 0.6) is 0 Å². The Labute approximate surface area is 112 Å². The second kappa shape index (κ2) is 5.28. The third kappa shape index (κ3) is 2.13. The topological polar surface area (TPSA) is 53.2 Å². The van der Waals surface area contributed by atoms with Crippen LogP contribution >= 0.6 is 0 Å². The highest BCUT2D eigenvalue weighted by atomic mass is 19.1. The van der Waals surface area contributed by atoms with Gasteiger partial charge in [0.2, 0.25) is 0 Å². The van der Waals surface area contributed by atoms with Crippen LogP contribution in [0.1, 0.15) is 31.7 Å². The standard InChI is InChI=1S/C15H18FNO2/c1-2-15(18,12-6-3-4-7-13(12)16)14(10-17)8-5-9-19-11-14/h3-4,6-7,18H,2,5,8-9,11H2,1H3. The highest BCUT2D eigenvalue weighted by molar-refractivity contribution is 5.30. The Bertz CT molecular complexity index is 491. The number of rotatable bonds is 3. The number of aliphatic hydroxyl groups is 1. The Morgan fingerprint density at radius 3 is 2.79 bits per heavy atom. The second-order valence-electron chi connectivity index (χ2n) is 5.04. The summed E-state index contributed by atoms with van der Waals surface area (Å²) in [6.07, 6.45) is 1.48. The monoisotopic (exact) mass is 263 g/mol. The lowest BCUT2D eigenvalue weighted by Gasteiger charge is -2.44. The predicted octanol–water partition coefficient (Wildman–Crippen LogP) is 2.74. The minimum absolute atomic E-state index is 0.141. The van der Waals surface area contributed by atoms with Crippen LogP contribution in [0.15, 0.2) is 24.3 Å². The minimum Gasteiger partial charge on any atom is -0.383 e. The molecule has 4 heteroatoms. The Morgan fingerprint density at radius 1 is 1.53 bits per heavy atom. The molecule has 0 spiro atoms. The summed E-state index contributed by atoms with van der Waals surface area (Å²) in [6, 6.07) is 8.30. The zero-order chi connectivity index (χ0) is 13.9. The van der Waals surface area contributed by atoms with Gasteiger partial charge in [-0.2, -0.15) is 5.26 Å². The van der Waals surface area contributed by atoms with Crippen LogP contribution in [0.4, 0.5) is 4.39 Å². The van der Waals surface area contributed by atoms with Gasteiger partial charge in [0, 0.05) is 12.2 Å². The van der Waals surface area contributed by atoms with Gasteiger partial charge in [0.25, 0.3) is 0 Å². The number of nitrogens with zero attached hydrogens (tertiary/aromatic N) is 1. The van der Waals surface area contributed by atoms with Crippen molar-refractivity contribution in [2.24, 2.45) is 5.41 Å². The fraction of sp³-hybridized carbons (Fsp3) is 0.533. The molecule has 3 nitrogen and oxygen atoms in total. The van der Waals surface area contributed by atoms with Gasteiger partial charge in [-0.25, -0.2) is 4.39 Å². The number of nitriles is 1. The van der Waals surface area contributed by atoms with E-state index >= 15 is 0 Å². The molecule has 102 valence electrons. The normalized spacial score (nSPS) is 26.4. The zero-order valence-corrected chi connectivity index (χ0v) is 11.0. The summed E-state index contributed by atoms with van der Waals surface area (Å²) < 4.78 is 19.4. The van der Waals surface area contributed by atoms with E-state index in [-0.39, 0.29) is 18.6 Å². The van der Waals surface area contributed by atoms with E-state index in [1.54, 1.807) is 25.1 Å². The average Bonchev–Trinajstić information content (AvgIpc) is 2.47. The molecule has 2 rings (SSSR count). The molecular formula is C15H18FNO2.